The van der Waals surface area contributed by atoms with E-state index >= 15 is 0 Å². The Morgan fingerprint density at radius 3 is 2.65 bits per heavy atom. The summed E-state index contributed by atoms with van der Waals surface area (Å²) in [6.07, 6.45) is 1.52. The van der Waals surface area contributed by atoms with Gasteiger partial charge in [-0.05, 0) is 37.1 Å². The van der Waals surface area contributed by atoms with Gasteiger partial charge in [0.25, 0.3) is 0 Å². The van der Waals surface area contributed by atoms with Crippen LogP contribution in [0.25, 0.3) is 11.0 Å². The van der Waals surface area contributed by atoms with Gasteiger partial charge in [0.15, 0.2) is 0 Å². The molecule has 0 bridgehead atoms. The van der Waals surface area contributed by atoms with Crippen LogP contribution in [-0.4, -0.2) is 53.9 Å². The van der Waals surface area contributed by atoms with Gasteiger partial charge in [-0.3, -0.25) is 9.47 Å². The lowest BCUT2D eigenvalue weighted by Gasteiger charge is -2.43. The summed E-state index contributed by atoms with van der Waals surface area (Å²) < 4.78 is 41.7. The number of H-pyrrole nitrogens is 1. The molecule has 5 rings (SSSR count). The van der Waals surface area contributed by atoms with Crippen LogP contribution in [0.15, 0.2) is 47.3 Å². The molecule has 1 aromatic heterocycles. The second kappa shape index (κ2) is 8.18. The van der Waals surface area contributed by atoms with Gasteiger partial charge in [-0.1, -0.05) is 18.2 Å². The van der Waals surface area contributed by atoms with E-state index in [-0.39, 0.29) is 23.4 Å². The summed E-state index contributed by atoms with van der Waals surface area (Å²) in [5.74, 6) is -0.663. The zero-order valence-corrected chi connectivity index (χ0v) is 17.2. The molecule has 3 heterocycles. The van der Waals surface area contributed by atoms with Gasteiger partial charge in [0.05, 0.1) is 30.9 Å². The van der Waals surface area contributed by atoms with Crippen molar-refractivity contribution >= 4 is 11.0 Å². The largest absolute Gasteiger partial charge is 0.376 e. The minimum Gasteiger partial charge on any atom is -0.376 e. The number of imidazole rings is 1. The van der Waals surface area contributed by atoms with Gasteiger partial charge in [0.2, 0.25) is 0 Å². The third-order valence-corrected chi connectivity index (χ3v) is 6.39. The van der Waals surface area contributed by atoms with Crippen LogP contribution in [0.3, 0.4) is 0 Å². The van der Waals surface area contributed by atoms with Gasteiger partial charge in [-0.2, -0.15) is 0 Å². The number of ether oxygens (including phenoxy) is 2. The molecule has 1 unspecified atom stereocenters. The minimum atomic E-state index is -0.842. The monoisotopic (exact) mass is 429 g/mol. The number of benzene rings is 2. The van der Waals surface area contributed by atoms with E-state index in [1.54, 1.807) is 22.8 Å². The van der Waals surface area contributed by atoms with Gasteiger partial charge in [-0.25, -0.2) is 13.6 Å². The third-order valence-electron chi connectivity index (χ3n) is 6.39. The van der Waals surface area contributed by atoms with Crippen LogP contribution < -0.4 is 5.69 Å². The van der Waals surface area contributed by atoms with E-state index in [1.165, 1.54) is 18.2 Å². The highest BCUT2D eigenvalue weighted by Gasteiger charge is 2.41. The standard InChI is InChI=1S/C23H25F2N3O3/c24-16-5-6-21-20(13-16)26-22(29)28(21)17-7-9-27(10-8-17)14-23(15-30-11-12-31-23)18-3-1-2-4-19(18)25/h1-6,13,17H,7-12,14-15H2,(H,26,29). The molecule has 2 aromatic carbocycles. The number of fused-ring (bicyclic) bond motifs is 1. The highest BCUT2D eigenvalue weighted by atomic mass is 19.1. The van der Waals surface area contributed by atoms with Crippen LogP contribution in [0.2, 0.25) is 0 Å². The van der Waals surface area contributed by atoms with Crippen molar-refractivity contribution in [1.82, 2.24) is 14.5 Å². The second-order valence-electron chi connectivity index (χ2n) is 8.34. The first kappa shape index (κ1) is 20.4. The number of nitrogens with zero attached hydrogens (tertiary/aromatic N) is 2. The Labute approximate surface area is 178 Å². The number of hydrogen-bond donors (Lipinski definition) is 1. The lowest BCUT2D eigenvalue weighted by molar-refractivity contribution is -0.175. The molecule has 0 aliphatic carbocycles. The molecule has 0 saturated carbocycles. The Balaban J connectivity index is 1.34. The smallest absolute Gasteiger partial charge is 0.326 e. The summed E-state index contributed by atoms with van der Waals surface area (Å²) in [6, 6.07) is 11.1. The van der Waals surface area contributed by atoms with Crippen molar-refractivity contribution in [2.75, 3.05) is 39.5 Å². The number of nitrogens with one attached hydrogen (secondary N) is 1. The highest BCUT2D eigenvalue weighted by Crippen LogP contribution is 2.34. The van der Waals surface area contributed by atoms with Crippen molar-refractivity contribution in [2.24, 2.45) is 0 Å². The first-order valence-electron chi connectivity index (χ1n) is 10.6. The molecule has 0 amide bonds. The maximum atomic E-state index is 14.6. The Kier molecular flexibility index (Phi) is 5.37. The van der Waals surface area contributed by atoms with E-state index in [4.69, 9.17) is 9.47 Å². The molecule has 2 aliphatic heterocycles. The topological polar surface area (TPSA) is 59.5 Å². The van der Waals surface area contributed by atoms with Gasteiger partial charge in [0.1, 0.15) is 17.2 Å². The molecule has 1 N–H and O–H groups in total. The zero-order valence-electron chi connectivity index (χ0n) is 17.2. The fraction of sp³-hybridized carbons (Fsp3) is 0.435. The van der Waals surface area contributed by atoms with E-state index in [0.29, 0.717) is 37.4 Å². The van der Waals surface area contributed by atoms with Crippen LogP contribution in [0.1, 0.15) is 24.4 Å². The zero-order chi connectivity index (χ0) is 21.4. The molecule has 0 radical (unpaired) electrons. The first-order chi connectivity index (χ1) is 15.1. The maximum absolute atomic E-state index is 14.6. The lowest BCUT2D eigenvalue weighted by Crippen LogP contribution is -2.51. The molecule has 3 aromatic rings. The molecule has 2 aliphatic rings. The molecule has 2 fully saturated rings. The number of aromatic amines is 1. The molecule has 8 heteroatoms. The fourth-order valence-corrected chi connectivity index (χ4v) is 4.90. The average Bonchev–Trinajstić information content (AvgIpc) is 3.10. The molecule has 1 atom stereocenters. The summed E-state index contributed by atoms with van der Waals surface area (Å²) in [7, 11) is 0. The van der Waals surface area contributed by atoms with Crippen molar-refractivity contribution in [3.63, 3.8) is 0 Å². The van der Waals surface area contributed by atoms with E-state index in [1.807, 2.05) is 6.07 Å². The highest BCUT2D eigenvalue weighted by molar-refractivity contribution is 5.75. The number of piperidine rings is 1. The lowest BCUT2D eigenvalue weighted by atomic mass is 9.91. The quantitative estimate of drug-likeness (QED) is 0.692. The van der Waals surface area contributed by atoms with Gasteiger partial charge in [-0.15, -0.1) is 0 Å². The number of rotatable bonds is 4. The fourth-order valence-electron chi connectivity index (χ4n) is 4.90. The molecule has 2 saturated heterocycles. The first-order valence-corrected chi connectivity index (χ1v) is 10.6. The van der Waals surface area contributed by atoms with E-state index in [2.05, 4.69) is 9.88 Å². The van der Waals surface area contributed by atoms with Crippen LogP contribution in [0.4, 0.5) is 8.78 Å². The van der Waals surface area contributed by atoms with Crippen LogP contribution in [-0.2, 0) is 15.1 Å². The molecular weight excluding hydrogens is 404 g/mol. The summed E-state index contributed by atoms with van der Waals surface area (Å²) >= 11 is 0. The van der Waals surface area contributed by atoms with Gasteiger partial charge >= 0.3 is 5.69 Å². The predicted molar refractivity (Wildman–Crippen MR) is 112 cm³/mol. The van der Waals surface area contributed by atoms with E-state index in [0.717, 1.165) is 31.4 Å². The average molecular weight is 429 g/mol. The number of aromatic nitrogens is 2. The SMILES string of the molecule is O=c1[nH]c2cc(F)ccc2n1C1CCN(CC2(c3ccccc3F)COCCO2)CC1. The Bertz CT molecular complexity index is 1130. The van der Waals surface area contributed by atoms with Crippen molar-refractivity contribution in [3.05, 3.63) is 70.1 Å². The van der Waals surface area contributed by atoms with Crippen molar-refractivity contribution < 1.29 is 18.3 Å². The number of likely N-dealkylation sites (tertiary alicyclic amines) is 1. The van der Waals surface area contributed by atoms with E-state index < -0.39 is 5.60 Å². The van der Waals surface area contributed by atoms with Gasteiger partial charge < -0.3 is 14.5 Å². The Morgan fingerprint density at radius 2 is 1.90 bits per heavy atom. The van der Waals surface area contributed by atoms with Crippen LogP contribution in [0.5, 0.6) is 0 Å². The second-order valence-corrected chi connectivity index (χ2v) is 8.34. The maximum Gasteiger partial charge on any atom is 0.326 e. The van der Waals surface area contributed by atoms with Gasteiger partial charge in [0, 0.05) is 31.2 Å². The summed E-state index contributed by atoms with van der Waals surface area (Å²) in [5.41, 5.74) is 0.693. The Morgan fingerprint density at radius 1 is 1.10 bits per heavy atom. The van der Waals surface area contributed by atoms with Crippen LogP contribution >= 0.6 is 0 Å². The number of hydrogen-bond acceptors (Lipinski definition) is 4. The van der Waals surface area contributed by atoms with E-state index in [9.17, 15) is 13.6 Å². The normalized spacial score (nSPS) is 23.4. The molecule has 6 nitrogen and oxygen atoms in total. The number of halogens is 2. The van der Waals surface area contributed by atoms with Crippen molar-refractivity contribution in [2.45, 2.75) is 24.5 Å². The van der Waals surface area contributed by atoms with Crippen molar-refractivity contribution in [1.29, 1.82) is 0 Å². The summed E-state index contributed by atoms with van der Waals surface area (Å²) in [5, 5.41) is 0. The van der Waals surface area contributed by atoms with Crippen molar-refractivity contribution in [3.8, 4) is 0 Å². The third kappa shape index (κ3) is 3.79. The van der Waals surface area contributed by atoms with Crippen LogP contribution in [0, 0.1) is 11.6 Å². The molecule has 0 spiro atoms. The molecular formula is C23H25F2N3O3. The molecule has 31 heavy (non-hydrogen) atoms. The minimum absolute atomic E-state index is 0.0240. The summed E-state index contributed by atoms with van der Waals surface area (Å²) in [6.45, 7) is 3.24. The summed E-state index contributed by atoms with van der Waals surface area (Å²) in [4.78, 5) is 17.5. The molecule has 164 valence electrons. The predicted octanol–water partition coefficient (Wildman–Crippen LogP) is 3.19. The Hall–Kier alpha value is -2.55.